The number of nitrogens with zero attached hydrogens (tertiary/aromatic N) is 4. The Labute approximate surface area is 114 Å². The summed E-state index contributed by atoms with van der Waals surface area (Å²) in [7, 11) is 0. The van der Waals surface area contributed by atoms with Crippen LogP contribution in [0.25, 0.3) is 0 Å². The molecule has 2 N–H and O–H groups in total. The van der Waals surface area contributed by atoms with E-state index in [1.807, 2.05) is 9.47 Å². The second kappa shape index (κ2) is 6.68. The van der Waals surface area contributed by atoms with Gasteiger partial charge in [-0.05, 0) is 13.0 Å². The molecule has 0 aromatic carbocycles. The third kappa shape index (κ3) is 3.54. The Morgan fingerprint density at radius 3 is 2.68 bits per heavy atom. The molecule has 0 saturated carbocycles. The minimum Gasteiger partial charge on any atom is -0.335 e. The maximum Gasteiger partial charge on any atom is 0.274 e. The van der Waals surface area contributed by atoms with E-state index in [2.05, 4.69) is 16.8 Å². The summed E-state index contributed by atoms with van der Waals surface area (Å²) >= 11 is 0. The number of nitrogens with two attached hydrogens (primary N) is 1. The highest BCUT2D eigenvalue weighted by Crippen LogP contribution is 2.07. The van der Waals surface area contributed by atoms with Crippen molar-refractivity contribution in [2.24, 2.45) is 5.73 Å². The molecule has 1 saturated heterocycles. The number of imidazole rings is 1. The molecule has 1 aliphatic heterocycles. The molecule has 1 aromatic heterocycles. The van der Waals surface area contributed by atoms with Crippen molar-refractivity contribution in [3.8, 4) is 0 Å². The van der Waals surface area contributed by atoms with Gasteiger partial charge in [0, 0.05) is 45.5 Å². The van der Waals surface area contributed by atoms with Crippen LogP contribution in [0.1, 0.15) is 23.8 Å². The lowest BCUT2D eigenvalue weighted by Gasteiger charge is -2.34. The first-order chi connectivity index (χ1) is 9.24. The van der Waals surface area contributed by atoms with Crippen LogP contribution < -0.4 is 5.73 Å². The standard InChI is InChI=1S/C13H23N5O/c1-2-4-16-6-8-18(9-7-16)13(19)12-10-17(5-3-14)11-15-12/h10-11H,2-9,14H2,1H3. The zero-order valence-corrected chi connectivity index (χ0v) is 11.6. The molecule has 6 heteroatoms. The van der Waals surface area contributed by atoms with Crippen LogP contribution >= 0.6 is 0 Å². The number of hydrogen-bond acceptors (Lipinski definition) is 4. The van der Waals surface area contributed by atoms with E-state index in [-0.39, 0.29) is 5.91 Å². The fraction of sp³-hybridized carbons (Fsp3) is 0.692. The lowest BCUT2D eigenvalue weighted by atomic mass is 10.2. The fourth-order valence-corrected chi connectivity index (χ4v) is 2.39. The van der Waals surface area contributed by atoms with Gasteiger partial charge >= 0.3 is 0 Å². The number of carbonyl (C=O) groups excluding carboxylic acids is 1. The van der Waals surface area contributed by atoms with E-state index in [4.69, 9.17) is 5.73 Å². The van der Waals surface area contributed by atoms with Crippen LogP contribution in [0.15, 0.2) is 12.5 Å². The Morgan fingerprint density at radius 2 is 2.05 bits per heavy atom. The first-order valence-corrected chi connectivity index (χ1v) is 6.98. The summed E-state index contributed by atoms with van der Waals surface area (Å²) in [6.07, 6.45) is 4.62. The number of piperazine rings is 1. The Bertz CT molecular complexity index is 409. The Balaban J connectivity index is 1.89. The third-order valence-electron chi connectivity index (χ3n) is 3.44. The number of amides is 1. The fourth-order valence-electron chi connectivity index (χ4n) is 2.39. The average molecular weight is 265 g/mol. The van der Waals surface area contributed by atoms with E-state index in [9.17, 15) is 4.79 Å². The second-order valence-corrected chi connectivity index (χ2v) is 4.92. The largest absolute Gasteiger partial charge is 0.335 e. The molecular formula is C13H23N5O. The molecule has 0 atom stereocenters. The van der Waals surface area contributed by atoms with Crippen LogP contribution in [0.3, 0.4) is 0 Å². The monoisotopic (exact) mass is 265 g/mol. The molecule has 0 bridgehead atoms. The number of carbonyl (C=O) groups is 1. The highest BCUT2D eigenvalue weighted by molar-refractivity contribution is 5.92. The quantitative estimate of drug-likeness (QED) is 0.814. The Hall–Kier alpha value is -1.40. The van der Waals surface area contributed by atoms with E-state index in [1.165, 1.54) is 0 Å². The minimum atomic E-state index is 0.0342. The van der Waals surface area contributed by atoms with Crippen molar-refractivity contribution in [2.45, 2.75) is 19.9 Å². The molecule has 0 unspecified atom stereocenters. The van der Waals surface area contributed by atoms with Crippen molar-refractivity contribution in [1.82, 2.24) is 19.4 Å². The van der Waals surface area contributed by atoms with E-state index >= 15 is 0 Å². The number of hydrogen-bond donors (Lipinski definition) is 1. The number of rotatable bonds is 5. The maximum absolute atomic E-state index is 12.3. The smallest absolute Gasteiger partial charge is 0.274 e. The molecule has 106 valence electrons. The summed E-state index contributed by atoms with van der Waals surface area (Å²) < 4.78 is 1.86. The summed E-state index contributed by atoms with van der Waals surface area (Å²) in [5.41, 5.74) is 6.01. The van der Waals surface area contributed by atoms with Gasteiger partial charge in [-0.1, -0.05) is 6.92 Å². The van der Waals surface area contributed by atoms with Crippen molar-refractivity contribution in [1.29, 1.82) is 0 Å². The van der Waals surface area contributed by atoms with Crippen LogP contribution in [0.2, 0.25) is 0 Å². The Morgan fingerprint density at radius 1 is 1.32 bits per heavy atom. The molecule has 1 amide bonds. The molecule has 2 rings (SSSR count). The first kappa shape index (κ1) is 14.0. The van der Waals surface area contributed by atoms with Crippen molar-refractivity contribution in [3.05, 3.63) is 18.2 Å². The molecule has 19 heavy (non-hydrogen) atoms. The van der Waals surface area contributed by atoms with Gasteiger partial charge in [0.1, 0.15) is 5.69 Å². The van der Waals surface area contributed by atoms with Crippen LogP contribution in [0.4, 0.5) is 0 Å². The van der Waals surface area contributed by atoms with E-state index in [0.29, 0.717) is 18.8 Å². The Kier molecular flexibility index (Phi) is 4.93. The van der Waals surface area contributed by atoms with Crippen LogP contribution in [-0.2, 0) is 6.54 Å². The van der Waals surface area contributed by atoms with Gasteiger partial charge in [-0.2, -0.15) is 0 Å². The highest BCUT2D eigenvalue weighted by Gasteiger charge is 2.22. The molecule has 1 aromatic rings. The second-order valence-electron chi connectivity index (χ2n) is 4.92. The predicted octanol–water partition coefficient (Wildman–Crippen LogP) is 0.00960. The zero-order valence-electron chi connectivity index (χ0n) is 11.6. The van der Waals surface area contributed by atoms with E-state index < -0.39 is 0 Å². The van der Waals surface area contributed by atoms with Crippen molar-refractivity contribution in [2.75, 3.05) is 39.3 Å². The lowest BCUT2D eigenvalue weighted by Crippen LogP contribution is -2.48. The van der Waals surface area contributed by atoms with Gasteiger partial charge in [0.25, 0.3) is 5.91 Å². The van der Waals surface area contributed by atoms with Crippen molar-refractivity contribution >= 4 is 5.91 Å². The average Bonchev–Trinajstić information content (AvgIpc) is 2.88. The van der Waals surface area contributed by atoms with Gasteiger partial charge in [0.2, 0.25) is 0 Å². The van der Waals surface area contributed by atoms with Gasteiger partial charge in [0.15, 0.2) is 0 Å². The van der Waals surface area contributed by atoms with E-state index in [0.717, 1.165) is 39.1 Å². The van der Waals surface area contributed by atoms with Crippen LogP contribution in [0, 0.1) is 0 Å². The van der Waals surface area contributed by atoms with Gasteiger partial charge in [-0.25, -0.2) is 4.98 Å². The molecule has 0 spiro atoms. The van der Waals surface area contributed by atoms with Crippen LogP contribution in [-0.4, -0.2) is 64.5 Å². The van der Waals surface area contributed by atoms with Gasteiger partial charge in [-0.15, -0.1) is 0 Å². The minimum absolute atomic E-state index is 0.0342. The SMILES string of the molecule is CCCN1CCN(C(=O)c2cn(CCN)cn2)CC1. The summed E-state index contributed by atoms with van der Waals surface area (Å²) in [5, 5.41) is 0. The normalized spacial score (nSPS) is 16.8. The van der Waals surface area contributed by atoms with Crippen LogP contribution in [0.5, 0.6) is 0 Å². The predicted molar refractivity (Wildman–Crippen MR) is 73.9 cm³/mol. The van der Waals surface area contributed by atoms with Crippen molar-refractivity contribution in [3.63, 3.8) is 0 Å². The summed E-state index contributed by atoms with van der Waals surface area (Å²) in [5.74, 6) is 0.0342. The maximum atomic E-state index is 12.3. The van der Waals surface area contributed by atoms with E-state index in [1.54, 1.807) is 12.5 Å². The van der Waals surface area contributed by atoms with Gasteiger partial charge in [0.05, 0.1) is 6.33 Å². The third-order valence-corrected chi connectivity index (χ3v) is 3.44. The van der Waals surface area contributed by atoms with Crippen molar-refractivity contribution < 1.29 is 4.79 Å². The van der Waals surface area contributed by atoms with Gasteiger partial charge < -0.3 is 15.2 Å². The number of aromatic nitrogens is 2. The van der Waals surface area contributed by atoms with Gasteiger partial charge in [-0.3, -0.25) is 9.69 Å². The molecule has 0 aliphatic carbocycles. The molecule has 1 fully saturated rings. The molecule has 2 heterocycles. The summed E-state index contributed by atoms with van der Waals surface area (Å²) in [6.45, 7) is 8.07. The zero-order chi connectivity index (χ0) is 13.7. The molecule has 6 nitrogen and oxygen atoms in total. The topological polar surface area (TPSA) is 67.4 Å². The molecular weight excluding hydrogens is 242 g/mol. The highest BCUT2D eigenvalue weighted by atomic mass is 16.2. The first-order valence-electron chi connectivity index (χ1n) is 6.98. The summed E-state index contributed by atoms with van der Waals surface area (Å²) in [4.78, 5) is 20.7. The lowest BCUT2D eigenvalue weighted by molar-refractivity contribution is 0.0632. The molecule has 1 aliphatic rings. The molecule has 0 radical (unpaired) electrons. The summed E-state index contributed by atoms with van der Waals surface area (Å²) in [6, 6.07) is 0.